The number of halogens is 3. The third-order valence-electron chi connectivity index (χ3n) is 3.29. The first-order valence-electron chi connectivity index (χ1n) is 5.88. The van der Waals surface area contributed by atoms with E-state index in [2.05, 4.69) is 15.9 Å². The molecule has 106 valence electrons. The summed E-state index contributed by atoms with van der Waals surface area (Å²) in [6.45, 7) is 3.85. The lowest BCUT2D eigenvalue weighted by Gasteiger charge is -2.19. The summed E-state index contributed by atoms with van der Waals surface area (Å²) in [5, 5.41) is 0. The van der Waals surface area contributed by atoms with E-state index in [-0.39, 0.29) is 15.7 Å². The summed E-state index contributed by atoms with van der Waals surface area (Å²) in [6.07, 6.45) is 0. The number of rotatable bonds is 2. The van der Waals surface area contributed by atoms with Crippen molar-refractivity contribution in [2.24, 2.45) is 0 Å². The fourth-order valence-electron chi connectivity index (χ4n) is 1.97. The van der Waals surface area contributed by atoms with Crippen LogP contribution in [0.1, 0.15) is 26.3 Å². The Morgan fingerprint density at radius 3 is 2.05 bits per heavy atom. The van der Waals surface area contributed by atoms with Crippen molar-refractivity contribution in [1.82, 2.24) is 0 Å². The van der Waals surface area contributed by atoms with Crippen molar-refractivity contribution in [3.05, 3.63) is 39.4 Å². The number of benzene rings is 1. The molecule has 1 aromatic rings. The standard InChI is InChI=1S/C14H12BrF2NO2/c1-7-8(2)13(20)18(12(7)19)9-4-5-11(15)10(6-9)14(3,16)17/h4-6H,1-3H3. The minimum atomic E-state index is -3.07. The molecule has 3 nitrogen and oxygen atoms in total. The van der Waals surface area contributed by atoms with Gasteiger partial charge in [0.15, 0.2) is 0 Å². The smallest absolute Gasteiger partial charge is 0.269 e. The number of imide groups is 1. The van der Waals surface area contributed by atoms with Gasteiger partial charge >= 0.3 is 0 Å². The van der Waals surface area contributed by atoms with Crippen molar-refractivity contribution in [3.8, 4) is 0 Å². The average molecular weight is 344 g/mol. The summed E-state index contributed by atoms with van der Waals surface area (Å²) in [5.74, 6) is -4.02. The molecule has 1 aromatic carbocycles. The first-order valence-corrected chi connectivity index (χ1v) is 6.68. The highest BCUT2D eigenvalue weighted by Gasteiger charge is 2.36. The molecule has 20 heavy (non-hydrogen) atoms. The predicted molar refractivity (Wildman–Crippen MR) is 74.6 cm³/mol. The Morgan fingerprint density at radius 1 is 1.10 bits per heavy atom. The van der Waals surface area contributed by atoms with E-state index in [9.17, 15) is 18.4 Å². The molecule has 2 amide bonds. The van der Waals surface area contributed by atoms with E-state index in [1.807, 2.05) is 0 Å². The average Bonchev–Trinajstić information content (AvgIpc) is 2.54. The number of hydrogen-bond donors (Lipinski definition) is 0. The zero-order valence-electron chi connectivity index (χ0n) is 11.1. The molecular weight excluding hydrogens is 332 g/mol. The minimum Gasteiger partial charge on any atom is -0.269 e. The van der Waals surface area contributed by atoms with Crippen molar-refractivity contribution in [3.63, 3.8) is 0 Å². The van der Waals surface area contributed by atoms with Gasteiger partial charge < -0.3 is 0 Å². The Labute approximate surface area is 123 Å². The molecule has 0 N–H and O–H groups in total. The Bertz CT molecular complexity index is 623. The van der Waals surface area contributed by atoms with E-state index < -0.39 is 17.7 Å². The van der Waals surface area contributed by atoms with Gasteiger partial charge in [0.1, 0.15) is 0 Å². The molecule has 0 atom stereocenters. The molecule has 0 spiro atoms. The van der Waals surface area contributed by atoms with Gasteiger partial charge in [-0.3, -0.25) is 9.59 Å². The number of carbonyl (C=O) groups excluding carboxylic acids is 2. The van der Waals surface area contributed by atoms with Gasteiger partial charge in [-0.15, -0.1) is 0 Å². The van der Waals surface area contributed by atoms with Crippen LogP contribution in [0.15, 0.2) is 33.8 Å². The van der Waals surface area contributed by atoms with Crippen molar-refractivity contribution in [2.45, 2.75) is 26.7 Å². The summed E-state index contributed by atoms with van der Waals surface area (Å²) in [4.78, 5) is 25.0. The van der Waals surface area contributed by atoms with E-state index in [1.54, 1.807) is 13.8 Å². The van der Waals surface area contributed by atoms with E-state index in [0.717, 1.165) is 17.9 Å². The lowest BCUT2D eigenvalue weighted by Crippen LogP contribution is -2.31. The molecule has 1 aliphatic heterocycles. The monoisotopic (exact) mass is 343 g/mol. The van der Waals surface area contributed by atoms with Crippen LogP contribution in [0.2, 0.25) is 0 Å². The van der Waals surface area contributed by atoms with Crippen LogP contribution < -0.4 is 4.90 Å². The summed E-state index contributed by atoms with van der Waals surface area (Å²) in [6, 6.07) is 4.03. The summed E-state index contributed by atoms with van der Waals surface area (Å²) < 4.78 is 27.2. The number of anilines is 1. The molecule has 6 heteroatoms. The fraction of sp³-hybridized carbons (Fsp3) is 0.286. The van der Waals surface area contributed by atoms with E-state index in [0.29, 0.717) is 11.1 Å². The van der Waals surface area contributed by atoms with Crippen LogP contribution in [-0.4, -0.2) is 11.8 Å². The van der Waals surface area contributed by atoms with Crippen molar-refractivity contribution in [1.29, 1.82) is 0 Å². The van der Waals surface area contributed by atoms with Crippen LogP contribution in [0.5, 0.6) is 0 Å². The van der Waals surface area contributed by atoms with Crippen LogP contribution >= 0.6 is 15.9 Å². The molecule has 0 bridgehead atoms. The lowest BCUT2D eigenvalue weighted by atomic mass is 10.1. The number of hydrogen-bond acceptors (Lipinski definition) is 2. The Hall–Kier alpha value is -1.56. The van der Waals surface area contributed by atoms with E-state index in [1.165, 1.54) is 12.1 Å². The maximum absolute atomic E-state index is 13.5. The predicted octanol–water partition coefficient (Wildman–Crippen LogP) is 3.77. The molecule has 0 aliphatic carbocycles. The van der Waals surface area contributed by atoms with Crippen molar-refractivity contribution >= 4 is 33.4 Å². The van der Waals surface area contributed by atoms with Crippen LogP contribution in [0, 0.1) is 0 Å². The highest BCUT2D eigenvalue weighted by Crippen LogP contribution is 2.37. The highest BCUT2D eigenvalue weighted by atomic mass is 79.9. The zero-order chi connectivity index (χ0) is 15.2. The Kier molecular flexibility index (Phi) is 3.54. The second kappa shape index (κ2) is 4.77. The molecule has 0 saturated carbocycles. The zero-order valence-corrected chi connectivity index (χ0v) is 12.7. The van der Waals surface area contributed by atoms with Crippen LogP contribution in [-0.2, 0) is 15.5 Å². The minimum absolute atomic E-state index is 0.149. The number of carbonyl (C=O) groups is 2. The van der Waals surface area contributed by atoms with E-state index in [4.69, 9.17) is 0 Å². The number of nitrogens with zero attached hydrogens (tertiary/aromatic N) is 1. The molecule has 1 heterocycles. The molecule has 2 rings (SSSR count). The largest absolute Gasteiger partial charge is 0.271 e. The highest BCUT2D eigenvalue weighted by molar-refractivity contribution is 9.10. The van der Waals surface area contributed by atoms with Crippen LogP contribution in [0.3, 0.4) is 0 Å². The van der Waals surface area contributed by atoms with Gasteiger partial charge in [0.25, 0.3) is 17.7 Å². The van der Waals surface area contributed by atoms with E-state index >= 15 is 0 Å². The van der Waals surface area contributed by atoms with Crippen molar-refractivity contribution in [2.75, 3.05) is 4.90 Å². The van der Waals surface area contributed by atoms with Crippen molar-refractivity contribution < 1.29 is 18.4 Å². The molecule has 0 aromatic heterocycles. The van der Waals surface area contributed by atoms with Gasteiger partial charge in [0, 0.05) is 28.1 Å². The maximum Gasteiger partial charge on any atom is 0.271 e. The molecule has 0 unspecified atom stereocenters. The quantitative estimate of drug-likeness (QED) is 0.766. The molecule has 1 aliphatic rings. The fourth-order valence-corrected chi connectivity index (χ4v) is 2.57. The third kappa shape index (κ3) is 2.28. The first kappa shape index (κ1) is 14.8. The SMILES string of the molecule is CC1=C(C)C(=O)N(c2ccc(Br)c(C(C)(F)F)c2)C1=O. The topological polar surface area (TPSA) is 37.4 Å². The Morgan fingerprint density at radius 2 is 1.60 bits per heavy atom. The summed E-state index contributed by atoms with van der Waals surface area (Å²) >= 11 is 3.05. The molecule has 0 radical (unpaired) electrons. The van der Waals surface area contributed by atoms with Gasteiger partial charge in [0.05, 0.1) is 5.69 Å². The van der Waals surface area contributed by atoms with Gasteiger partial charge in [0.2, 0.25) is 0 Å². The van der Waals surface area contributed by atoms with Gasteiger partial charge in [-0.25, -0.2) is 13.7 Å². The number of alkyl halides is 2. The maximum atomic E-state index is 13.5. The molecule has 0 fully saturated rings. The number of amides is 2. The lowest BCUT2D eigenvalue weighted by molar-refractivity contribution is -0.120. The normalized spacial score (nSPS) is 16.4. The van der Waals surface area contributed by atoms with Gasteiger partial charge in [-0.1, -0.05) is 15.9 Å². The van der Waals surface area contributed by atoms with Gasteiger partial charge in [-0.05, 0) is 32.0 Å². The third-order valence-corrected chi connectivity index (χ3v) is 3.98. The van der Waals surface area contributed by atoms with Crippen LogP contribution in [0.4, 0.5) is 14.5 Å². The summed E-state index contributed by atoms with van der Waals surface area (Å²) in [7, 11) is 0. The summed E-state index contributed by atoms with van der Waals surface area (Å²) in [5.41, 5.74) is 0.555. The Balaban J connectivity index is 2.52. The van der Waals surface area contributed by atoms with Gasteiger partial charge in [-0.2, -0.15) is 0 Å². The molecule has 0 saturated heterocycles. The first-order chi connectivity index (χ1) is 9.14. The van der Waals surface area contributed by atoms with Crippen LogP contribution in [0.25, 0.3) is 0 Å². The second-order valence-corrected chi connectivity index (χ2v) is 5.60. The second-order valence-electron chi connectivity index (χ2n) is 4.75. The molecular formula is C14H12BrF2NO2.